The standard InChI is InChI=1S/C51H33N5/c1-5-17-34(18-6-1)49-52-50(35-19-7-2-8-20-35)54-51(53-49)42-31-30-41-39-25-13-16-28-45(39)56(38-23-11-4-12-24-38)48(41)47(42)36-29-32-46-43(33-36)40-26-14-15-27-44(40)55(46)37-21-9-3-10-22-37/h1-33H. The molecule has 0 fully saturated rings. The summed E-state index contributed by atoms with van der Waals surface area (Å²) in [5.74, 6) is 1.88. The maximum atomic E-state index is 5.27. The Bertz CT molecular complexity index is 3160. The molecule has 0 saturated carbocycles. The van der Waals surface area contributed by atoms with Gasteiger partial charge in [-0.1, -0.05) is 146 Å². The Morgan fingerprint density at radius 3 is 1.38 bits per heavy atom. The summed E-state index contributed by atoms with van der Waals surface area (Å²) in [4.78, 5) is 15.6. The summed E-state index contributed by atoms with van der Waals surface area (Å²) in [6.45, 7) is 0. The molecule has 0 saturated heterocycles. The molecule has 5 heteroatoms. The molecule has 0 unspecified atom stereocenters. The van der Waals surface area contributed by atoms with Gasteiger partial charge in [0, 0.05) is 55.2 Å². The first-order valence-corrected chi connectivity index (χ1v) is 18.9. The lowest BCUT2D eigenvalue weighted by molar-refractivity contribution is 1.07. The number of para-hydroxylation sites is 4. The fourth-order valence-corrected chi connectivity index (χ4v) is 8.29. The second-order valence-corrected chi connectivity index (χ2v) is 14.0. The number of fused-ring (bicyclic) bond motifs is 6. The summed E-state index contributed by atoms with van der Waals surface area (Å²) in [7, 11) is 0. The van der Waals surface area contributed by atoms with Crippen LogP contribution in [0.25, 0.3) is 100 Å². The van der Waals surface area contributed by atoms with Crippen molar-refractivity contribution in [1.82, 2.24) is 24.1 Å². The van der Waals surface area contributed by atoms with E-state index in [2.05, 4.69) is 173 Å². The minimum Gasteiger partial charge on any atom is -0.309 e. The van der Waals surface area contributed by atoms with E-state index in [9.17, 15) is 0 Å². The molecule has 0 aliphatic rings. The van der Waals surface area contributed by atoms with Crippen LogP contribution in [0.5, 0.6) is 0 Å². The van der Waals surface area contributed by atoms with Gasteiger partial charge in [0.05, 0.1) is 22.1 Å². The maximum absolute atomic E-state index is 5.27. The third-order valence-electron chi connectivity index (χ3n) is 10.8. The van der Waals surface area contributed by atoms with Crippen molar-refractivity contribution < 1.29 is 0 Å². The third kappa shape index (κ3) is 5.13. The first-order chi connectivity index (χ1) is 27.8. The molecule has 0 bridgehead atoms. The Labute approximate surface area is 323 Å². The molecule has 0 N–H and O–H groups in total. The fraction of sp³-hybridized carbons (Fsp3) is 0. The van der Waals surface area contributed by atoms with Crippen LogP contribution in [0.2, 0.25) is 0 Å². The van der Waals surface area contributed by atoms with E-state index in [-0.39, 0.29) is 0 Å². The molecule has 0 atom stereocenters. The lowest BCUT2D eigenvalue weighted by Gasteiger charge is -2.17. The second kappa shape index (κ2) is 13.0. The molecule has 0 amide bonds. The summed E-state index contributed by atoms with van der Waals surface area (Å²) in [6, 6.07) is 70.3. The molecule has 0 aliphatic carbocycles. The summed E-state index contributed by atoms with van der Waals surface area (Å²) < 4.78 is 4.76. The number of hydrogen-bond donors (Lipinski definition) is 0. The van der Waals surface area contributed by atoms with Gasteiger partial charge in [-0.15, -0.1) is 0 Å². The van der Waals surface area contributed by atoms with Crippen LogP contribution in [0.1, 0.15) is 0 Å². The lowest BCUT2D eigenvalue weighted by atomic mass is 9.94. The van der Waals surface area contributed by atoms with Gasteiger partial charge < -0.3 is 9.13 Å². The fourth-order valence-electron chi connectivity index (χ4n) is 8.29. The van der Waals surface area contributed by atoms with Gasteiger partial charge in [0.2, 0.25) is 0 Å². The summed E-state index contributed by atoms with van der Waals surface area (Å²) >= 11 is 0. The highest BCUT2D eigenvalue weighted by Gasteiger charge is 2.24. The van der Waals surface area contributed by atoms with Gasteiger partial charge in [-0.25, -0.2) is 15.0 Å². The van der Waals surface area contributed by atoms with Gasteiger partial charge in [0.15, 0.2) is 17.5 Å². The predicted octanol–water partition coefficient (Wildman–Crippen LogP) is 12.7. The van der Waals surface area contributed by atoms with Crippen molar-refractivity contribution in [2.24, 2.45) is 0 Å². The number of aromatic nitrogens is 5. The molecular formula is C51H33N5. The molecular weight excluding hydrogens is 683 g/mol. The van der Waals surface area contributed by atoms with Gasteiger partial charge in [-0.05, 0) is 60.2 Å². The molecule has 8 aromatic carbocycles. The Morgan fingerprint density at radius 2 is 0.768 bits per heavy atom. The molecule has 11 aromatic rings. The van der Waals surface area contributed by atoms with Gasteiger partial charge in [0.1, 0.15) is 0 Å². The Morgan fingerprint density at radius 1 is 0.304 bits per heavy atom. The number of nitrogens with zero attached hydrogens (tertiary/aromatic N) is 5. The van der Waals surface area contributed by atoms with E-state index in [1.165, 1.54) is 21.7 Å². The minimum atomic E-state index is 0.617. The number of rotatable bonds is 6. The van der Waals surface area contributed by atoms with E-state index in [4.69, 9.17) is 15.0 Å². The monoisotopic (exact) mass is 715 g/mol. The van der Waals surface area contributed by atoms with E-state index in [0.717, 1.165) is 61.1 Å². The van der Waals surface area contributed by atoms with Crippen LogP contribution in [-0.4, -0.2) is 24.1 Å². The summed E-state index contributed by atoms with van der Waals surface area (Å²) in [6.07, 6.45) is 0. The van der Waals surface area contributed by atoms with Crippen molar-refractivity contribution in [3.63, 3.8) is 0 Å². The highest BCUT2D eigenvalue weighted by molar-refractivity contribution is 6.18. The van der Waals surface area contributed by atoms with Gasteiger partial charge in [-0.3, -0.25) is 0 Å². The highest BCUT2D eigenvalue weighted by atomic mass is 15.0. The number of hydrogen-bond acceptors (Lipinski definition) is 3. The SMILES string of the molecule is c1ccc(-c2nc(-c3ccccc3)nc(-c3ccc4c5ccccc5n(-c5ccccc5)c4c3-c3ccc4c(c3)c3ccccc3n4-c3ccccc3)n2)cc1. The van der Waals surface area contributed by atoms with Crippen molar-refractivity contribution >= 4 is 43.6 Å². The zero-order valence-corrected chi connectivity index (χ0v) is 30.3. The molecule has 0 radical (unpaired) electrons. The first kappa shape index (κ1) is 31.9. The van der Waals surface area contributed by atoms with Crippen molar-refractivity contribution in [3.8, 4) is 56.7 Å². The van der Waals surface area contributed by atoms with Crippen LogP contribution in [0.15, 0.2) is 200 Å². The van der Waals surface area contributed by atoms with Crippen LogP contribution >= 0.6 is 0 Å². The molecule has 262 valence electrons. The van der Waals surface area contributed by atoms with Gasteiger partial charge in [-0.2, -0.15) is 0 Å². The van der Waals surface area contributed by atoms with Crippen LogP contribution in [0, 0.1) is 0 Å². The van der Waals surface area contributed by atoms with Crippen molar-refractivity contribution in [1.29, 1.82) is 0 Å². The van der Waals surface area contributed by atoms with E-state index in [0.29, 0.717) is 17.5 Å². The molecule has 3 heterocycles. The van der Waals surface area contributed by atoms with Gasteiger partial charge in [0.25, 0.3) is 0 Å². The van der Waals surface area contributed by atoms with Crippen LogP contribution < -0.4 is 0 Å². The second-order valence-electron chi connectivity index (χ2n) is 14.0. The third-order valence-corrected chi connectivity index (χ3v) is 10.8. The van der Waals surface area contributed by atoms with Crippen molar-refractivity contribution in [2.45, 2.75) is 0 Å². The molecule has 0 aliphatic heterocycles. The van der Waals surface area contributed by atoms with Crippen LogP contribution in [0.3, 0.4) is 0 Å². The normalized spacial score (nSPS) is 11.6. The number of benzene rings is 8. The molecule has 3 aromatic heterocycles. The summed E-state index contributed by atoms with van der Waals surface area (Å²) in [5, 5.41) is 4.73. The van der Waals surface area contributed by atoms with E-state index < -0.39 is 0 Å². The van der Waals surface area contributed by atoms with E-state index in [1.54, 1.807) is 0 Å². The molecule has 56 heavy (non-hydrogen) atoms. The smallest absolute Gasteiger partial charge is 0.164 e. The average molecular weight is 716 g/mol. The average Bonchev–Trinajstić information content (AvgIpc) is 3.80. The first-order valence-electron chi connectivity index (χ1n) is 18.9. The van der Waals surface area contributed by atoms with Crippen molar-refractivity contribution in [2.75, 3.05) is 0 Å². The van der Waals surface area contributed by atoms with Crippen LogP contribution in [0.4, 0.5) is 0 Å². The zero-order valence-electron chi connectivity index (χ0n) is 30.3. The predicted molar refractivity (Wildman–Crippen MR) is 230 cm³/mol. The van der Waals surface area contributed by atoms with Gasteiger partial charge >= 0.3 is 0 Å². The quantitative estimate of drug-likeness (QED) is 0.172. The lowest BCUT2D eigenvalue weighted by Crippen LogP contribution is -2.02. The molecule has 11 rings (SSSR count). The summed E-state index contributed by atoms with van der Waals surface area (Å²) in [5.41, 5.74) is 11.7. The largest absolute Gasteiger partial charge is 0.309 e. The zero-order chi connectivity index (χ0) is 37.0. The highest BCUT2D eigenvalue weighted by Crippen LogP contribution is 2.45. The minimum absolute atomic E-state index is 0.617. The van der Waals surface area contributed by atoms with E-state index in [1.807, 2.05) is 36.4 Å². The molecule has 5 nitrogen and oxygen atoms in total. The molecule has 0 spiro atoms. The van der Waals surface area contributed by atoms with Crippen LogP contribution in [-0.2, 0) is 0 Å². The maximum Gasteiger partial charge on any atom is 0.164 e. The Kier molecular flexibility index (Phi) is 7.42. The Balaban J connectivity index is 1.28. The Hall–Kier alpha value is -7.63. The van der Waals surface area contributed by atoms with Crippen molar-refractivity contribution in [3.05, 3.63) is 200 Å². The van der Waals surface area contributed by atoms with E-state index >= 15 is 0 Å². The topological polar surface area (TPSA) is 48.5 Å².